The minimum atomic E-state index is -4.81. The zero-order valence-corrected chi connectivity index (χ0v) is 13.2. The lowest BCUT2D eigenvalue weighted by molar-refractivity contribution is -0.274. The second-order valence-electron chi connectivity index (χ2n) is 5.82. The van der Waals surface area contributed by atoms with E-state index >= 15 is 0 Å². The Morgan fingerprint density at radius 3 is 2.73 bits per heavy atom. The molecule has 1 aliphatic carbocycles. The Bertz CT molecular complexity index is 834. The summed E-state index contributed by atoms with van der Waals surface area (Å²) >= 11 is 0. The van der Waals surface area contributed by atoms with Gasteiger partial charge in [-0.15, -0.1) is 13.2 Å². The molecule has 1 aliphatic rings. The van der Waals surface area contributed by atoms with Gasteiger partial charge in [-0.2, -0.15) is 5.10 Å². The van der Waals surface area contributed by atoms with Crippen LogP contribution in [0.15, 0.2) is 36.5 Å². The van der Waals surface area contributed by atoms with Crippen LogP contribution in [-0.4, -0.2) is 33.1 Å². The van der Waals surface area contributed by atoms with Crippen LogP contribution in [0.2, 0.25) is 0 Å². The summed E-state index contributed by atoms with van der Waals surface area (Å²) in [5, 5.41) is 15.1. The minimum absolute atomic E-state index is 0.182. The van der Waals surface area contributed by atoms with Crippen LogP contribution in [0.5, 0.6) is 5.75 Å². The highest BCUT2D eigenvalue weighted by atomic mass is 19.4. The summed E-state index contributed by atoms with van der Waals surface area (Å²) < 4.78 is 42.6. The number of hydrogen-bond donors (Lipinski definition) is 2. The summed E-state index contributed by atoms with van der Waals surface area (Å²) in [5.74, 6) is -2.48. The average Bonchev–Trinajstić information content (AvgIpc) is 3.21. The van der Waals surface area contributed by atoms with E-state index in [-0.39, 0.29) is 24.0 Å². The number of rotatable bonds is 6. The number of carbonyl (C=O) groups is 2. The number of benzene rings is 1. The van der Waals surface area contributed by atoms with E-state index in [2.05, 4.69) is 15.2 Å². The van der Waals surface area contributed by atoms with E-state index in [0.717, 1.165) is 4.68 Å². The highest BCUT2D eigenvalue weighted by Crippen LogP contribution is 2.51. The van der Waals surface area contributed by atoms with Crippen LogP contribution in [0.25, 0.3) is 0 Å². The quantitative estimate of drug-likeness (QED) is 0.816. The van der Waals surface area contributed by atoms with Crippen LogP contribution < -0.4 is 10.1 Å². The van der Waals surface area contributed by atoms with Gasteiger partial charge in [-0.05, 0) is 24.0 Å². The number of carbonyl (C=O) groups excluding carboxylic acids is 1. The van der Waals surface area contributed by atoms with E-state index < -0.39 is 24.2 Å². The third-order valence-electron chi connectivity index (χ3n) is 3.86. The molecule has 1 heterocycles. The topological polar surface area (TPSA) is 93.5 Å². The molecule has 138 valence electrons. The van der Waals surface area contributed by atoms with E-state index in [0.29, 0.717) is 12.0 Å². The first-order valence-corrected chi connectivity index (χ1v) is 7.64. The molecule has 3 rings (SSSR count). The van der Waals surface area contributed by atoms with Crippen molar-refractivity contribution in [3.8, 4) is 5.75 Å². The third-order valence-corrected chi connectivity index (χ3v) is 3.86. The Morgan fingerprint density at radius 2 is 2.04 bits per heavy atom. The number of aromatic nitrogens is 2. The molecule has 0 radical (unpaired) electrons. The van der Waals surface area contributed by atoms with Gasteiger partial charge in [0.1, 0.15) is 12.3 Å². The molecule has 1 aromatic heterocycles. The zero-order chi connectivity index (χ0) is 18.9. The molecule has 10 heteroatoms. The number of nitrogens with one attached hydrogen (secondary N) is 1. The zero-order valence-electron chi connectivity index (χ0n) is 13.2. The van der Waals surface area contributed by atoms with E-state index in [1.165, 1.54) is 30.5 Å². The number of carboxylic acids is 1. The van der Waals surface area contributed by atoms with Gasteiger partial charge in [0, 0.05) is 18.2 Å². The Kier molecular flexibility index (Phi) is 4.58. The van der Waals surface area contributed by atoms with E-state index in [4.69, 9.17) is 5.11 Å². The third kappa shape index (κ3) is 4.32. The molecule has 1 amide bonds. The van der Waals surface area contributed by atoms with E-state index in [9.17, 15) is 22.8 Å². The van der Waals surface area contributed by atoms with Gasteiger partial charge in [0.25, 0.3) is 0 Å². The number of hydrogen-bond acceptors (Lipinski definition) is 4. The molecular formula is C16H14F3N3O4. The molecule has 0 aliphatic heterocycles. The lowest BCUT2D eigenvalue weighted by Crippen LogP contribution is -2.18. The number of aliphatic carboxylic acids is 1. The first-order valence-electron chi connectivity index (χ1n) is 7.64. The van der Waals surface area contributed by atoms with Crippen molar-refractivity contribution in [3.63, 3.8) is 0 Å². The fraction of sp³-hybridized carbons (Fsp3) is 0.312. The van der Waals surface area contributed by atoms with Crippen LogP contribution in [0.3, 0.4) is 0 Å². The van der Waals surface area contributed by atoms with Gasteiger partial charge in [-0.1, -0.05) is 18.2 Å². The highest BCUT2D eigenvalue weighted by molar-refractivity contribution is 5.94. The predicted octanol–water partition coefficient (Wildman–Crippen LogP) is 2.61. The van der Waals surface area contributed by atoms with Crippen LogP contribution in [-0.2, 0) is 16.1 Å². The van der Waals surface area contributed by atoms with Crippen molar-refractivity contribution < 1.29 is 32.6 Å². The Labute approximate surface area is 145 Å². The molecule has 1 fully saturated rings. The highest BCUT2D eigenvalue weighted by Gasteiger charge is 2.46. The summed E-state index contributed by atoms with van der Waals surface area (Å²) in [5.41, 5.74) is 0.321. The van der Waals surface area contributed by atoms with Crippen molar-refractivity contribution in [2.45, 2.75) is 25.2 Å². The second kappa shape index (κ2) is 6.70. The number of para-hydroxylation sites is 1. The first-order chi connectivity index (χ1) is 12.2. The normalized spacial score (nSPS) is 19.0. The largest absolute Gasteiger partial charge is 0.573 e. The maximum absolute atomic E-state index is 12.5. The number of halogens is 3. The van der Waals surface area contributed by atoms with Crippen LogP contribution in [0.1, 0.15) is 17.9 Å². The molecule has 0 unspecified atom stereocenters. The number of alkyl halides is 3. The summed E-state index contributed by atoms with van der Waals surface area (Å²) in [7, 11) is 0. The molecule has 2 aromatic rings. The van der Waals surface area contributed by atoms with Crippen LogP contribution in [0.4, 0.5) is 19.0 Å². The fourth-order valence-electron chi connectivity index (χ4n) is 2.71. The second-order valence-corrected chi connectivity index (χ2v) is 5.82. The Balaban J connectivity index is 1.64. The van der Waals surface area contributed by atoms with Crippen molar-refractivity contribution in [1.29, 1.82) is 0 Å². The Hall–Kier alpha value is -3.04. The summed E-state index contributed by atoms with van der Waals surface area (Å²) in [6.45, 7) is -0.343. The number of carboxylic acid groups (broad SMARTS) is 1. The minimum Gasteiger partial charge on any atom is -0.480 e. The molecule has 7 nitrogen and oxygen atoms in total. The number of amides is 1. The number of nitrogens with zero attached hydrogens (tertiary/aromatic N) is 2. The van der Waals surface area contributed by atoms with E-state index in [1.807, 2.05) is 0 Å². The van der Waals surface area contributed by atoms with Gasteiger partial charge >= 0.3 is 12.3 Å². The fourth-order valence-corrected chi connectivity index (χ4v) is 2.71. The smallest absolute Gasteiger partial charge is 0.480 e. The lowest BCUT2D eigenvalue weighted by atomic mass is 10.1. The van der Waals surface area contributed by atoms with Gasteiger partial charge in [0.2, 0.25) is 5.91 Å². The lowest BCUT2D eigenvalue weighted by Gasteiger charge is -2.13. The van der Waals surface area contributed by atoms with Crippen LogP contribution in [0, 0.1) is 5.92 Å². The summed E-state index contributed by atoms with van der Waals surface area (Å²) in [6, 6.07) is 7.17. The summed E-state index contributed by atoms with van der Waals surface area (Å²) in [4.78, 5) is 22.9. The molecule has 1 saturated carbocycles. The monoisotopic (exact) mass is 369 g/mol. The van der Waals surface area contributed by atoms with Crippen molar-refractivity contribution in [2.24, 2.45) is 5.92 Å². The summed E-state index contributed by atoms with van der Waals surface area (Å²) in [6.07, 6.45) is -3.01. The van der Waals surface area contributed by atoms with Crippen molar-refractivity contribution in [2.75, 3.05) is 5.32 Å². The van der Waals surface area contributed by atoms with Crippen molar-refractivity contribution in [1.82, 2.24) is 9.78 Å². The standard InChI is InChI=1S/C16H14F3N3O4/c17-16(18,19)26-12-4-2-1-3-9(12)10-7-11(10)15(25)20-13-5-6-22(21-13)8-14(23)24/h1-6,10-11H,7-8H2,(H,23,24)(H,20,21,25)/t10-,11-/m0/s1. The number of anilines is 1. The Morgan fingerprint density at radius 1 is 1.31 bits per heavy atom. The molecule has 0 saturated heterocycles. The molecule has 2 atom stereocenters. The SMILES string of the molecule is O=C(O)Cn1ccc(NC(=O)[C@H]2C[C@H]2c2ccccc2OC(F)(F)F)n1. The van der Waals surface area contributed by atoms with Crippen molar-refractivity contribution >= 4 is 17.7 Å². The van der Waals surface area contributed by atoms with Gasteiger partial charge in [-0.3, -0.25) is 14.3 Å². The van der Waals surface area contributed by atoms with Crippen LogP contribution >= 0.6 is 0 Å². The maximum atomic E-state index is 12.5. The van der Waals surface area contributed by atoms with Gasteiger partial charge in [-0.25, -0.2) is 0 Å². The van der Waals surface area contributed by atoms with Crippen molar-refractivity contribution in [3.05, 3.63) is 42.1 Å². The molecule has 0 spiro atoms. The molecule has 0 bridgehead atoms. The molecule has 1 aromatic carbocycles. The molecular weight excluding hydrogens is 355 g/mol. The first kappa shape index (κ1) is 17.8. The van der Waals surface area contributed by atoms with Gasteiger partial charge in [0.15, 0.2) is 5.82 Å². The number of ether oxygens (including phenoxy) is 1. The van der Waals surface area contributed by atoms with E-state index in [1.54, 1.807) is 6.07 Å². The average molecular weight is 369 g/mol. The molecule has 26 heavy (non-hydrogen) atoms. The maximum Gasteiger partial charge on any atom is 0.573 e. The molecule has 2 N–H and O–H groups in total. The van der Waals surface area contributed by atoms with Gasteiger partial charge in [0.05, 0.1) is 0 Å². The van der Waals surface area contributed by atoms with Gasteiger partial charge < -0.3 is 15.2 Å². The predicted molar refractivity (Wildman–Crippen MR) is 82.5 cm³/mol.